The minimum absolute atomic E-state index is 0.133. The molecule has 42 heavy (non-hydrogen) atoms. The van der Waals surface area contributed by atoms with Gasteiger partial charge >= 0.3 is 5.97 Å². The number of rotatable bonds is 9. The Labute approximate surface area is 254 Å². The largest absolute Gasteiger partial charge is 0.496 e. The number of benzene rings is 3. The summed E-state index contributed by atoms with van der Waals surface area (Å²) in [6.07, 6.45) is 3.05. The van der Waals surface area contributed by atoms with Crippen LogP contribution >= 0.6 is 27.3 Å². The number of allylic oxidation sites excluding steroid dienone is 1. The second-order valence-corrected chi connectivity index (χ2v) is 11.4. The monoisotopic (exact) mass is 645 g/mol. The lowest BCUT2D eigenvalue weighted by molar-refractivity contribution is -0.139. The maximum atomic E-state index is 14.3. The van der Waals surface area contributed by atoms with E-state index in [0.29, 0.717) is 49.7 Å². The van der Waals surface area contributed by atoms with Gasteiger partial charge in [0.1, 0.15) is 23.6 Å². The predicted octanol–water partition coefficient (Wildman–Crippen LogP) is 5.41. The Morgan fingerprint density at radius 3 is 2.69 bits per heavy atom. The number of ether oxygens (including phenoxy) is 3. The van der Waals surface area contributed by atoms with Crippen molar-refractivity contribution >= 4 is 50.1 Å². The van der Waals surface area contributed by atoms with Gasteiger partial charge < -0.3 is 14.2 Å². The second-order valence-electron chi connectivity index (χ2n) is 9.45. The molecule has 0 unspecified atom stereocenters. The van der Waals surface area contributed by atoms with Crippen LogP contribution in [0.1, 0.15) is 43.9 Å². The number of esters is 1. The molecule has 0 N–H and O–H groups in total. The highest BCUT2D eigenvalue weighted by Crippen LogP contribution is 2.38. The number of carbonyl (C=O) groups is 1. The molecule has 1 atom stereocenters. The lowest BCUT2D eigenvalue weighted by Gasteiger charge is -2.27. The van der Waals surface area contributed by atoms with Crippen LogP contribution in [-0.2, 0) is 9.53 Å². The fourth-order valence-electron chi connectivity index (χ4n) is 5.13. The number of fused-ring (bicyclic) bond motifs is 2. The van der Waals surface area contributed by atoms with Crippen LogP contribution in [0.3, 0.4) is 0 Å². The quantitative estimate of drug-likeness (QED) is 0.226. The third-order valence-corrected chi connectivity index (χ3v) is 8.35. The number of hydrogen-bond acceptors (Lipinski definition) is 8. The third kappa shape index (κ3) is 5.50. The number of halogens is 1. The molecule has 5 rings (SSSR count). The summed E-state index contributed by atoms with van der Waals surface area (Å²) in [4.78, 5) is 33.1. The minimum atomic E-state index is -0.821. The fourth-order valence-corrected chi connectivity index (χ4v) is 6.51. The number of nitriles is 1. The van der Waals surface area contributed by atoms with E-state index in [9.17, 15) is 9.59 Å². The zero-order valence-corrected chi connectivity index (χ0v) is 25.8. The molecular formula is C32H28BrN3O5S. The predicted molar refractivity (Wildman–Crippen MR) is 165 cm³/mol. The van der Waals surface area contributed by atoms with Gasteiger partial charge in [0.25, 0.3) is 5.56 Å². The van der Waals surface area contributed by atoms with Crippen LogP contribution in [0.5, 0.6) is 11.5 Å². The highest BCUT2D eigenvalue weighted by Gasteiger charge is 2.36. The molecule has 0 bridgehead atoms. The van der Waals surface area contributed by atoms with E-state index in [-0.39, 0.29) is 18.8 Å². The van der Waals surface area contributed by atoms with Gasteiger partial charge in [-0.15, -0.1) is 0 Å². The molecule has 10 heteroatoms. The van der Waals surface area contributed by atoms with Gasteiger partial charge in [-0.05, 0) is 54.5 Å². The van der Waals surface area contributed by atoms with Gasteiger partial charge in [-0.1, -0.05) is 70.9 Å². The van der Waals surface area contributed by atoms with E-state index in [2.05, 4.69) is 15.9 Å². The molecule has 4 aromatic rings. The molecular weight excluding hydrogens is 618 g/mol. The summed E-state index contributed by atoms with van der Waals surface area (Å²) in [5, 5.41) is 11.0. The lowest BCUT2D eigenvalue weighted by atomic mass is 9.93. The first kappa shape index (κ1) is 29.3. The van der Waals surface area contributed by atoms with Crippen molar-refractivity contribution in [3.8, 4) is 17.6 Å². The van der Waals surface area contributed by atoms with Crippen LogP contribution in [0.15, 0.2) is 80.1 Å². The summed E-state index contributed by atoms with van der Waals surface area (Å²) >= 11 is 4.79. The number of hydrogen-bond donors (Lipinski definition) is 0. The first-order valence-electron chi connectivity index (χ1n) is 13.5. The van der Waals surface area contributed by atoms with Crippen LogP contribution in [-0.4, -0.2) is 30.9 Å². The first-order valence-corrected chi connectivity index (χ1v) is 15.1. The Hall–Kier alpha value is -4.20. The van der Waals surface area contributed by atoms with E-state index in [4.69, 9.17) is 24.5 Å². The van der Waals surface area contributed by atoms with Gasteiger partial charge in [0.05, 0.1) is 29.5 Å². The van der Waals surface area contributed by atoms with Crippen molar-refractivity contribution in [2.45, 2.75) is 32.7 Å². The molecule has 0 aliphatic carbocycles. The van der Waals surface area contributed by atoms with Gasteiger partial charge in [0.2, 0.25) is 0 Å². The fraction of sp³-hybridized carbons (Fsp3) is 0.250. The maximum Gasteiger partial charge on any atom is 0.338 e. The molecule has 1 aliphatic rings. The molecule has 0 spiro atoms. The Bertz CT molecular complexity index is 1940. The average molecular weight is 647 g/mol. The van der Waals surface area contributed by atoms with Crippen molar-refractivity contribution in [2.24, 2.45) is 4.99 Å². The lowest BCUT2D eigenvalue weighted by Crippen LogP contribution is -2.40. The Morgan fingerprint density at radius 1 is 1.17 bits per heavy atom. The zero-order chi connectivity index (χ0) is 29.8. The standard InChI is InChI=1S/C32H28BrN3O5S/c1-4-8-24-28(31(38)40-5-2)29(23-17-20(33)12-14-25(23)39-3)36-30(37)27(42-32(36)35-24)18-22-21-10-7-6-9-19(21)11-13-26(22)41-16-15-34/h6-7,9-14,17-18,29H,4-5,8,16H2,1-3H3/b27-18+/t29-/m0/s1. The van der Waals surface area contributed by atoms with E-state index < -0.39 is 12.0 Å². The molecule has 1 aliphatic heterocycles. The van der Waals surface area contributed by atoms with Crippen molar-refractivity contribution < 1.29 is 19.0 Å². The van der Waals surface area contributed by atoms with E-state index in [1.165, 1.54) is 11.3 Å². The van der Waals surface area contributed by atoms with Gasteiger partial charge in [-0.25, -0.2) is 9.79 Å². The normalized spacial score (nSPS) is 14.7. The van der Waals surface area contributed by atoms with Gasteiger partial charge in [-0.3, -0.25) is 9.36 Å². The summed E-state index contributed by atoms with van der Waals surface area (Å²) in [6, 6.07) is 18.2. The topological polar surface area (TPSA) is 103 Å². The number of thiazole rings is 1. The SMILES string of the molecule is CCCC1=C(C(=O)OCC)[C@H](c2cc(Br)ccc2OC)n2c(s/c(=C/c3c(OCC#N)ccc4ccccc34)c2=O)=N1. The molecule has 0 fully saturated rings. The van der Waals surface area contributed by atoms with Crippen LogP contribution in [0, 0.1) is 11.3 Å². The summed E-state index contributed by atoms with van der Waals surface area (Å²) in [5.41, 5.74) is 1.90. The van der Waals surface area contributed by atoms with Crippen molar-refractivity contribution in [1.82, 2.24) is 4.57 Å². The van der Waals surface area contributed by atoms with Crippen molar-refractivity contribution in [2.75, 3.05) is 20.3 Å². The Kier molecular flexibility index (Phi) is 8.90. The van der Waals surface area contributed by atoms with Crippen LogP contribution in [0.2, 0.25) is 0 Å². The molecule has 214 valence electrons. The van der Waals surface area contributed by atoms with Gasteiger partial charge in [0, 0.05) is 15.6 Å². The molecule has 8 nitrogen and oxygen atoms in total. The molecule has 0 amide bonds. The number of aromatic nitrogens is 1. The molecule has 2 heterocycles. The van der Waals surface area contributed by atoms with Gasteiger partial charge in [0.15, 0.2) is 11.4 Å². The molecule has 3 aromatic carbocycles. The van der Waals surface area contributed by atoms with Crippen LogP contribution in [0.4, 0.5) is 0 Å². The highest BCUT2D eigenvalue weighted by atomic mass is 79.9. The van der Waals surface area contributed by atoms with Gasteiger partial charge in [-0.2, -0.15) is 5.26 Å². The summed E-state index contributed by atoms with van der Waals surface area (Å²) in [5.74, 6) is 0.496. The summed E-state index contributed by atoms with van der Waals surface area (Å²) in [7, 11) is 1.56. The van der Waals surface area contributed by atoms with E-state index in [1.807, 2.05) is 55.5 Å². The van der Waals surface area contributed by atoms with Crippen molar-refractivity contribution in [3.63, 3.8) is 0 Å². The number of carbonyl (C=O) groups excluding carboxylic acids is 1. The van der Waals surface area contributed by atoms with Crippen molar-refractivity contribution in [1.29, 1.82) is 5.26 Å². The van der Waals surface area contributed by atoms with Crippen LogP contribution < -0.4 is 24.4 Å². The highest BCUT2D eigenvalue weighted by molar-refractivity contribution is 9.10. The third-order valence-electron chi connectivity index (χ3n) is 6.88. The average Bonchev–Trinajstić information content (AvgIpc) is 3.30. The number of nitrogens with zero attached hydrogens (tertiary/aromatic N) is 3. The maximum absolute atomic E-state index is 14.3. The molecule has 0 radical (unpaired) electrons. The zero-order valence-electron chi connectivity index (χ0n) is 23.3. The van der Waals surface area contributed by atoms with E-state index >= 15 is 0 Å². The summed E-state index contributed by atoms with van der Waals surface area (Å²) < 4.78 is 19.7. The summed E-state index contributed by atoms with van der Waals surface area (Å²) in [6.45, 7) is 3.81. The minimum Gasteiger partial charge on any atom is -0.496 e. The van der Waals surface area contributed by atoms with E-state index in [0.717, 1.165) is 21.7 Å². The Morgan fingerprint density at radius 2 is 1.95 bits per heavy atom. The second kappa shape index (κ2) is 12.8. The first-order chi connectivity index (χ1) is 20.4. The number of methoxy groups -OCH3 is 1. The van der Waals surface area contributed by atoms with Crippen LogP contribution in [0.25, 0.3) is 16.8 Å². The molecule has 1 aromatic heterocycles. The van der Waals surface area contributed by atoms with Crippen molar-refractivity contribution in [3.05, 3.63) is 101 Å². The smallest absolute Gasteiger partial charge is 0.338 e. The molecule has 0 saturated carbocycles. The molecule has 0 saturated heterocycles. The van der Waals surface area contributed by atoms with E-state index in [1.54, 1.807) is 36.8 Å². The Balaban J connectivity index is 1.84.